The molecular weight excluding hydrogens is 404 g/mol. The van der Waals surface area contributed by atoms with Crippen molar-refractivity contribution >= 4 is 17.4 Å². The molecule has 0 spiro atoms. The highest BCUT2D eigenvalue weighted by Crippen LogP contribution is 2.16. The molecule has 1 aliphatic heterocycles. The Morgan fingerprint density at radius 1 is 1.03 bits per heavy atom. The number of carbonyl (C=O) groups excluding carboxylic acids is 2. The Morgan fingerprint density at radius 2 is 1.81 bits per heavy atom. The minimum absolute atomic E-state index is 0.0428. The van der Waals surface area contributed by atoms with Gasteiger partial charge in [-0.25, -0.2) is 0 Å². The molecule has 0 atom stereocenters. The van der Waals surface area contributed by atoms with Crippen LogP contribution in [0.25, 0.3) is 0 Å². The molecule has 1 N–H and O–H groups in total. The van der Waals surface area contributed by atoms with Crippen LogP contribution < -0.4 is 10.1 Å². The summed E-state index contributed by atoms with van der Waals surface area (Å²) < 4.78 is 11.1. The fourth-order valence-electron chi connectivity index (χ4n) is 3.64. The van der Waals surface area contributed by atoms with Gasteiger partial charge in [0.15, 0.2) is 5.78 Å². The van der Waals surface area contributed by atoms with E-state index in [9.17, 15) is 9.59 Å². The zero-order valence-corrected chi connectivity index (χ0v) is 19.0. The van der Waals surface area contributed by atoms with E-state index in [2.05, 4.69) is 23.2 Å². The third-order valence-electron chi connectivity index (χ3n) is 5.49. The predicted octanol–water partition coefficient (Wildman–Crippen LogP) is 4.69. The fourth-order valence-corrected chi connectivity index (χ4v) is 3.64. The van der Waals surface area contributed by atoms with Gasteiger partial charge in [0.1, 0.15) is 5.75 Å². The van der Waals surface area contributed by atoms with Crippen molar-refractivity contribution in [2.75, 3.05) is 38.2 Å². The first-order chi connectivity index (χ1) is 15.6. The van der Waals surface area contributed by atoms with Gasteiger partial charge < -0.3 is 14.8 Å². The zero-order valence-electron chi connectivity index (χ0n) is 19.0. The number of Topliss-reactive ketones (excluding diaryl/α,β-unsaturated/α-hetero) is 1. The lowest BCUT2D eigenvalue weighted by Gasteiger charge is -2.26. The highest BCUT2D eigenvalue weighted by molar-refractivity contribution is 6.00. The lowest BCUT2D eigenvalue weighted by molar-refractivity contribution is -0.116. The number of hydrogen-bond acceptors (Lipinski definition) is 5. The number of ketones is 1. The van der Waals surface area contributed by atoms with E-state index in [1.54, 1.807) is 12.1 Å². The normalized spacial score (nSPS) is 14.2. The summed E-state index contributed by atoms with van der Waals surface area (Å²) in [5.41, 5.74) is 2.52. The number of nitrogens with zero attached hydrogens (tertiary/aromatic N) is 1. The van der Waals surface area contributed by atoms with Gasteiger partial charge in [0.05, 0.1) is 19.8 Å². The van der Waals surface area contributed by atoms with Gasteiger partial charge in [0, 0.05) is 43.7 Å². The van der Waals surface area contributed by atoms with Crippen LogP contribution in [0.2, 0.25) is 0 Å². The van der Waals surface area contributed by atoms with E-state index < -0.39 is 0 Å². The molecule has 1 fully saturated rings. The van der Waals surface area contributed by atoms with Crippen LogP contribution in [0.3, 0.4) is 0 Å². The van der Waals surface area contributed by atoms with Crippen molar-refractivity contribution < 1.29 is 19.1 Å². The monoisotopic (exact) mass is 438 g/mol. The van der Waals surface area contributed by atoms with Crippen LogP contribution in [0, 0.1) is 0 Å². The summed E-state index contributed by atoms with van der Waals surface area (Å²) in [4.78, 5) is 27.2. The van der Waals surface area contributed by atoms with Gasteiger partial charge in [-0.3, -0.25) is 14.5 Å². The van der Waals surface area contributed by atoms with E-state index in [-0.39, 0.29) is 24.5 Å². The summed E-state index contributed by atoms with van der Waals surface area (Å²) in [6.07, 6.45) is 3.67. The Bertz CT molecular complexity index is 860. The molecule has 2 aromatic carbocycles. The highest BCUT2D eigenvalue weighted by atomic mass is 16.5. The van der Waals surface area contributed by atoms with Crippen molar-refractivity contribution in [3.8, 4) is 5.75 Å². The number of hydrogen-bond donors (Lipinski definition) is 1. The summed E-state index contributed by atoms with van der Waals surface area (Å²) in [7, 11) is 0. The lowest BCUT2D eigenvalue weighted by atomic mass is 10.1. The van der Waals surface area contributed by atoms with Gasteiger partial charge in [-0.2, -0.15) is 0 Å². The smallest absolute Gasteiger partial charge is 0.224 e. The molecule has 6 heteroatoms. The van der Waals surface area contributed by atoms with Gasteiger partial charge in [0.25, 0.3) is 0 Å². The summed E-state index contributed by atoms with van der Waals surface area (Å²) in [5.74, 6) is 0.573. The molecule has 3 rings (SSSR count). The molecule has 6 nitrogen and oxygen atoms in total. The standard InChI is InChI=1S/C26H34N2O4/c1-2-3-4-16-32-24-10-8-22(9-11-24)25(29)12-13-26(30)27-23-7-5-6-21(19-23)20-28-14-17-31-18-15-28/h5-11,19H,2-4,12-18,20H2,1H3,(H,27,30). The van der Waals surface area contributed by atoms with E-state index in [0.29, 0.717) is 12.2 Å². The first kappa shape index (κ1) is 24.0. The molecule has 0 saturated carbocycles. The van der Waals surface area contributed by atoms with Crippen LogP contribution in [0.5, 0.6) is 5.75 Å². The highest BCUT2D eigenvalue weighted by Gasteiger charge is 2.12. The molecule has 0 aliphatic carbocycles. The maximum absolute atomic E-state index is 12.5. The Hall–Kier alpha value is -2.70. The first-order valence-electron chi connectivity index (χ1n) is 11.6. The van der Waals surface area contributed by atoms with E-state index in [0.717, 1.165) is 69.1 Å². The number of unbranched alkanes of at least 4 members (excludes halogenated alkanes) is 2. The number of benzene rings is 2. The molecule has 172 valence electrons. The molecule has 0 unspecified atom stereocenters. The van der Waals surface area contributed by atoms with Gasteiger partial charge >= 0.3 is 0 Å². The SMILES string of the molecule is CCCCCOc1ccc(C(=O)CCC(=O)Nc2cccc(CN3CCOCC3)c2)cc1. The topological polar surface area (TPSA) is 67.9 Å². The summed E-state index contributed by atoms with van der Waals surface area (Å²) in [6.45, 7) is 7.05. The largest absolute Gasteiger partial charge is 0.494 e. The van der Waals surface area contributed by atoms with Crippen LogP contribution in [0.15, 0.2) is 48.5 Å². The van der Waals surface area contributed by atoms with Gasteiger partial charge in [-0.05, 0) is 48.4 Å². The maximum atomic E-state index is 12.5. The summed E-state index contributed by atoms with van der Waals surface area (Å²) in [5, 5.41) is 2.91. The number of amides is 1. The predicted molar refractivity (Wildman–Crippen MR) is 126 cm³/mol. The first-order valence-corrected chi connectivity index (χ1v) is 11.6. The number of ether oxygens (including phenoxy) is 2. The number of nitrogens with one attached hydrogen (secondary N) is 1. The molecule has 32 heavy (non-hydrogen) atoms. The third kappa shape index (κ3) is 8.09. The Labute approximate surface area is 190 Å². The van der Waals surface area contributed by atoms with Crippen molar-refractivity contribution in [1.29, 1.82) is 0 Å². The second-order valence-corrected chi connectivity index (χ2v) is 8.14. The van der Waals surface area contributed by atoms with Gasteiger partial charge in [-0.1, -0.05) is 31.9 Å². The van der Waals surface area contributed by atoms with Crippen LogP contribution in [0.1, 0.15) is 54.9 Å². The quantitative estimate of drug-likeness (QED) is 0.385. The van der Waals surface area contributed by atoms with Crippen molar-refractivity contribution in [3.63, 3.8) is 0 Å². The van der Waals surface area contributed by atoms with Crippen molar-refractivity contribution in [2.45, 2.75) is 45.6 Å². The molecular formula is C26H34N2O4. The number of carbonyl (C=O) groups is 2. The number of anilines is 1. The van der Waals surface area contributed by atoms with Crippen LogP contribution in [-0.2, 0) is 16.1 Å². The third-order valence-corrected chi connectivity index (χ3v) is 5.49. The molecule has 1 aliphatic rings. The second-order valence-electron chi connectivity index (χ2n) is 8.14. The number of rotatable bonds is 12. The van der Waals surface area contributed by atoms with Crippen molar-refractivity contribution in [2.24, 2.45) is 0 Å². The van der Waals surface area contributed by atoms with E-state index in [4.69, 9.17) is 9.47 Å². The number of morpholine rings is 1. The Morgan fingerprint density at radius 3 is 2.56 bits per heavy atom. The molecule has 1 saturated heterocycles. The van der Waals surface area contributed by atoms with Crippen molar-refractivity contribution in [3.05, 3.63) is 59.7 Å². The van der Waals surface area contributed by atoms with E-state index in [1.165, 1.54) is 0 Å². The minimum Gasteiger partial charge on any atom is -0.494 e. The Balaban J connectivity index is 1.42. The van der Waals surface area contributed by atoms with Crippen LogP contribution in [0.4, 0.5) is 5.69 Å². The molecule has 1 amide bonds. The van der Waals surface area contributed by atoms with Gasteiger partial charge in [-0.15, -0.1) is 0 Å². The zero-order chi connectivity index (χ0) is 22.6. The molecule has 0 aromatic heterocycles. The average molecular weight is 439 g/mol. The van der Waals surface area contributed by atoms with Gasteiger partial charge in [0.2, 0.25) is 5.91 Å². The summed E-state index contributed by atoms with van der Waals surface area (Å²) in [6, 6.07) is 15.1. The Kier molecular flexibility index (Phi) is 9.72. The fraction of sp³-hybridized carbons (Fsp3) is 0.462. The van der Waals surface area contributed by atoms with Crippen molar-refractivity contribution in [1.82, 2.24) is 4.90 Å². The lowest BCUT2D eigenvalue weighted by Crippen LogP contribution is -2.35. The van der Waals surface area contributed by atoms with E-state index >= 15 is 0 Å². The molecule has 0 bridgehead atoms. The van der Waals surface area contributed by atoms with Crippen LogP contribution >= 0.6 is 0 Å². The summed E-state index contributed by atoms with van der Waals surface area (Å²) >= 11 is 0. The molecule has 0 radical (unpaired) electrons. The second kappa shape index (κ2) is 13.0. The molecule has 2 aromatic rings. The van der Waals surface area contributed by atoms with Crippen LogP contribution in [-0.4, -0.2) is 49.5 Å². The maximum Gasteiger partial charge on any atom is 0.224 e. The molecule has 1 heterocycles. The average Bonchev–Trinajstić information content (AvgIpc) is 2.82. The van der Waals surface area contributed by atoms with E-state index in [1.807, 2.05) is 30.3 Å². The minimum atomic E-state index is -0.155.